The molecule has 0 N–H and O–H groups in total. The summed E-state index contributed by atoms with van der Waals surface area (Å²) < 4.78 is 2.19. The lowest BCUT2D eigenvalue weighted by atomic mass is 9.96. The maximum Gasteiger partial charge on any atom is 0.257 e. The van der Waals surface area contributed by atoms with Gasteiger partial charge in [-0.1, -0.05) is 37.3 Å². The molecule has 2 amide bonds. The highest BCUT2D eigenvalue weighted by atomic mass is 16.2. The molecular formula is C27H31N5O2. The minimum atomic E-state index is -0.219. The van der Waals surface area contributed by atoms with Crippen LogP contribution in [0.25, 0.3) is 10.9 Å². The number of anilines is 1. The number of hydrogen-bond donors (Lipinski definition) is 0. The van der Waals surface area contributed by atoms with Crippen molar-refractivity contribution in [2.45, 2.75) is 26.1 Å². The number of fused-ring (bicyclic) bond motifs is 6. The summed E-state index contributed by atoms with van der Waals surface area (Å²) in [5, 5.41) is 1.19. The maximum atomic E-state index is 13.5. The zero-order chi connectivity index (χ0) is 23.4. The van der Waals surface area contributed by atoms with Crippen LogP contribution in [0.15, 0.2) is 48.5 Å². The fraction of sp³-hybridized carbons (Fsp3) is 0.407. The summed E-state index contributed by atoms with van der Waals surface area (Å²) in [5.74, 6) is 0.227. The van der Waals surface area contributed by atoms with E-state index >= 15 is 0 Å². The second kappa shape index (κ2) is 8.17. The number of hydrogen-bond acceptors (Lipinski definition) is 4. The summed E-state index contributed by atoms with van der Waals surface area (Å²) >= 11 is 0. The van der Waals surface area contributed by atoms with E-state index in [1.165, 1.54) is 10.9 Å². The van der Waals surface area contributed by atoms with E-state index in [4.69, 9.17) is 0 Å². The van der Waals surface area contributed by atoms with Gasteiger partial charge in [0.25, 0.3) is 5.91 Å². The van der Waals surface area contributed by atoms with E-state index in [0.29, 0.717) is 13.1 Å². The topological polar surface area (TPSA) is 52.0 Å². The van der Waals surface area contributed by atoms with Gasteiger partial charge in [0.1, 0.15) is 12.7 Å². The normalized spacial score (nSPS) is 20.4. The van der Waals surface area contributed by atoms with Crippen molar-refractivity contribution in [3.63, 3.8) is 0 Å². The molecule has 7 nitrogen and oxygen atoms in total. The van der Waals surface area contributed by atoms with Crippen LogP contribution in [0.3, 0.4) is 0 Å². The quantitative estimate of drug-likeness (QED) is 0.607. The van der Waals surface area contributed by atoms with E-state index in [1.807, 2.05) is 40.1 Å². The van der Waals surface area contributed by atoms with Gasteiger partial charge in [-0.05, 0) is 36.7 Å². The summed E-state index contributed by atoms with van der Waals surface area (Å²) in [6.45, 7) is 7.57. The zero-order valence-corrected chi connectivity index (χ0v) is 19.9. The number of para-hydroxylation sites is 2. The molecule has 34 heavy (non-hydrogen) atoms. The number of likely N-dealkylation sites (N-methyl/N-ethyl adjacent to an activating group) is 1. The Kier molecular flexibility index (Phi) is 5.10. The summed E-state index contributed by atoms with van der Waals surface area (Å²) in [6.07, 6.45) is 0.577. The third-order valence-corrected chi connectivity index (χ3v) is 7.87. The lowest BCUT2D eigenvalue weighted by Crippen LogP contribution is -2.52. The first-order valence-corrected chi connectivity index (χ1v) is 12.3. The van der Waals surface area contributed by atoms with E-state index in [1.54, 1.807) is 0 Å². The Labute approximate surface area is 200 Å². The molecule has 1 saturated heterocycles. The smallest absolute Gasteiger partial charge is 0.257 e. The molecule has 0 bridgehead atoms. The molecule has 2 aromatic carbocycles. The molecule has 1 unspecified atom stereocenters. The highest BCUT2D eigenvalue weighted by Crippen LogP contribution is 2.44. The van der Waals surface area contributed by atoms with Crippen molar-refractivity contribution >= 4 is 28.4 Å². The van der Waals surface area contributed by atoms with Gasteiger partial charge in [0.2, 0.25) is 5.91 Å². The number of nitrogens with zero attached hydrogens (tertiary/aromatic N) is 5. The Balaban J connectivity index is 1.43. The van der Waals surface area contributed by atoms with Gasteiger partial charge in [0, 0.05) is 50.7 Å². The first kappa shape index (κ1) is 21.2. The highest BCUT2D eigenvalue weighted by molar-refractivity contribution is 6.02. The van der Waals surface area contributed by atoms with Crippen molar-refractivity contribution in [1.29, 1.82) is 0 Å². The van der Waals surface area contributed by atoms with E-state index in [2.05, 4.69) is 46.5 Å². The fourth-order valence-electron chi connectivity index (χ4n) is 6.03. The molecule has 0 saturated carbocycles. The molecule has 0 radical (unpaired) electrons. The monoisotopic (exact) mass is 457 g/mol. The molecule has 176 valence electrons. The average Bonchev–Trinajstić information content (AvgIpc) is 3.20. The van der Waals surface area contributed by atoms with Crippen LogP contribution in [0.4, 0.5) is 5.69 Å². The molecule has 3 aromatic rings. The van der Waals surface area contributed by atoms with Crippen molar-refractivity contribution in [3.8, 4) is 0 Å². The van der Waals surface area contributed by atoms with Crippen LogP contribution in [-0.4, -0.2) is 77.4 Å². The number of carbonyl (C=O) groups is 2. The second-order valence-corrected chi connectivity index (χ2v) is 9.53. The first-order chi connectivity index (χ1) is 16.6. The van der Waals surface area contributed by atoms with Crippen LogP contribution < -0.4 is 4.90 Å². The van der Waals surface area contributed by atoms with Gasteiger partial charge in [0.05, 0.1) is 16.9 Å². The molecule has 4 heterocycles. The molecule has 1 fully saturated rings. The molecule has 0 aliphatic carbocycles. The predicted molar refractivity (Wildman–Crippen MR) is 133 cm³/mol. The van der Waals surface area contributed by atoms with Crippen molar-refractivity contribution in [2.75, 3.05) is 51.2 Å². The first-order valence-electron chi connectivity index (χ1n) is 12.3. The Hall–Kier alpha value is -3.32. The average molecular weight is 458 g/mol. The van der Waals surface area contributed by atoms with Gasteiger partial charge in [-0.15, -0.1) is 0 Å². The maximum absolute atomic E-state index is 13.5. The van der Waals surface area contributed by atoms with E-state index in [-0.39, 0.29) is 18.0 Å². The van der Waals surface area contributed by atoms with Gasteiger partial charge in [-0.3, -0.25) is 9.59 Å². The number of carbonyl (C=O) groups excluding carboxylic acids is 2. The Morgan fingerprint density at radius 1 is 0.971 bits per heavy atom. The molecule has 3 aliphatic rings. The third kappa shape index (κ3) is 3.14. The van der Waals surface area contributed by atoms with Crippen molar-refractivity contribution in [3.05, 3.63) is 65.4 Å². The van der Waals surface area contributed by atoms with Crippen LogP contribution in [0.1, 0.15) is 34.7 Å². The van der Waals surface area contributed by atoms with Crippen LogP contribution >= 0.6 is 0 Å². The SMILES string of the molecule is CCN1CCN(C(=O)Cn2c3c(c4ccccc42)CCN2C(=O)c4ccccc4N(C)C32)CC1. The lowest BCUT2D eigenvalue weighted by Gasteiger charge is -2.46. The number of benzene rings is 2. The Morgan fingerprint density at radius 3 is 2.50 bits per heavy atom. The van der Waals surface area contributed by atoms with Gasteiger partial charge in [-0.25, -0.2) is 0 Å². The van der Waals surface area contributed by atoms with Gasteiger partial charge >= 0.3 is 0 Å². The van der Waals surface area contributed by atoms with E-state index in [0.717, 1.165) is 61.6 Å². The highest BCUT2D eigenvalue weighted by Gasteiger charge is 2.43. The minimum Gasteiger partial charge on any atom is -0.349 e. The standard InChI is InChI=1S/C27H31N5O2/c1-3-29-14-16-30(17-15-29)24(33)18-32-23-11-7-4-8-19(23)20-12-13-31-26(25(20)32)28(2)22-10-6-5-9-21(22)27(31)34/h4-11,26H,3,12-18H2,1-2H3. The third-order valence-electron chi connectivity index (χ3n) is 7.87. The number of amides is 2. The Bertz CT molecular complexity index is 1270. The van der Waals surface area contributed by atoms with E-state index < -0.39 is 0 Å². The van der Waals surface area contributed by atoms with Crippen molar-refractivity contribution in [2.24, 2.45) is 0 Å². The number of rotatable bonds is 3. The lowest BCUT2D eigenvalue weighted by molar-refractivity contribution is -0.133. The van der Waals surface area contributed by atoms with Gasteiger partial charge in [0.15, 0.2) is 0 Å². The summed E-state index contributed by atoms with van der Waals surface area (Å²) in [6, 6.07) is 16.2. The second-order valence-electron chi connectivity index (χ2n) is 9.53. The summed E-state index contributed by atoms with van der Waals surface area (Å²) in [5.41, 5.74) is 5.12. The number of aromatic nitrogens is 1. The van der Waals surface area contributed by atoms with Crippen molar-refractivity contribution < 1.29 is 9.59 Å². The van der Waals surface area contributed by atoms with Gasteiger partial charge in [-0.2, -0.15) is 0 Å². The zero-order valence-electron chi connectivity index (χ0n) is 19.9. The Morgan fingerprint density at radius 2 is 1.71 bits per heavy atom. The van der Waals surface area contributed by atoms with Crippen LogP contribution in [-0.2, 0) is 17.8 Å². The summed E-state index contributed by atoms with van der Waals surface area (Å²) in [4.78, 5) is 35.5. The van der Waals surface area contributed by atoms with Crippen LogP contribution in [0.2, 0.25) is 0 Å². The number of piperazine rings is 1. The molecule has 3 aliphatic heterocycles. The van der Waals surface area contributed by atoms with Crippen molar-refractivity contribution in [1.82, 2.24) is 19.3 Å². The fourth-order valence-corrected chi connectivity index (χ4v) is 6.03. The van der Waals surface area contributed by atoms with E-state index in [9.17, 15) is 9.59 Å². The van der Waals surface area contributed by atoms with Gasteiger partial charge < -0.3 is 24.2 Å². The molecule has 7 heteroatoms. The molecule has 1 atom stereocenters. The summed E-state index contributed by atoms with van der Waals surface area (Å²) in [7, 11) is 2.06. The molecule has 0 spiro atoms. The largest absolute Gasteiger partial charge is 0.349 e. The minimum absolute atomic E-state index is 0.0724. The molecule has 1 aromatic heterocycles. The van der Waals surface area contributed by atoms with Crippen LogP contribution in [0, 0.1) is 0 Å². The van der Waals surface area contributed by atoms with Crippen LogP contribution in [0.5, 0.6) is 0 Å². The molecule has 6 rings (SSSR count). The molecular weight excluding hydrogens is 426 g/mol. The predicted octanol–water partition coefficient (Wildman–Crippen LogP) is 2.95.